The molecule has 5 heteroatoms. The van der Waals surface area contributed by atoms with Crippen molar-refractivity contribution in [3.63, 3.8) is 0 Å². The highest BCUT2D eigenvalue weighted by molar-refractivity contribution is 6.12. The van der Waals surface area contributed by atoms with Gasteiger partial charge in [0.05, 0.1) is 0 Å². The molecule has 0 aliphatic heterocycles. The second-order valence-corrected chi connectivity index (χ2v) is 10.2. The van der Waals surface area contributed by atoms with Gasteiger partial charge in [-0.05, 0) is 102 Å². The number of carbonyl (C=O) groups excluding carboxylic acids is 2. The van der Waals surface area contributed by atoms with Crippen molar-refractivity contribution >= 4 is 28.6 Å². The summed E-state index contributed by atoms with van der Waals surface area (Å²) in [5.74, 6) is 0.162. The summed E-state index contributed by atoms with van der Waals surface area (Å²) in [6.45, 7) is 18.4. The SMILES string of the molecule is CCN(CC)c1ccc(C(=O)c2ccc(N(CC)CC)cc2)cc1.CCN(CC)c1ccccc1C(=O)c1ccccc1. The lowest BCUT2D eigenvalue weighted by atomic mass is 10.0. The molecule has 0 N–H and O–H groups in total. The summed E-state index contributed by atoms with van der Waals surface area (Å²) in [7, 11) is 0. The van der Waals surface area contributed by atoms with Gasteiger partial charge in [-0.15, -0.1) is 0 Å². The van der Waals surface area contributed by atoms with E-state index in [0.29, 0.717) is 0 Å². The molecule has 0 aliphatic carbocycles. The first-order chi connectivity index (χ1) is 20.9. The van der Waals surface area contributed by atoms with Crippen molar-refractivity contribution in [3.8, 4) is 0 Å². The zero-order valence-electron chi connectivity index (χ0n) is 26.7. The second-order valence-electron chi connectivity index (χ2n) is 10.2. The van der Waals surface area contributed by atoms with Crippen LogP contribution in [0.2, 0.25) is 0 Å². The van der Waals surface area contributed by atoms with Crippen LogP contribution in [0.4, 0.5) is 17.1 Å². The van der Waals surface area contributed by atoms with Crippen molar-refractivity contribution in [2.24, 2.45) is 0 Å². The average molecular weight is 578 g/mol. The molecule has 226 valence electrons. The molecule has 0 radical (unpaired) electrons. The lowest BCUT2D eigenvalue weighted by Crippen LogP contribution is -2.24. The topological polar surface area (TPSA) is 43.9 Å². The Morgan fingerprint density at radius 3 is 1.21 bits per heavy atom. The molecule has 0 amide bonds. The van der Waals surface area contributed by atoms with E-state index in [9.17, 15) is 9.59 Å². The molecule has 0 unspecified atom stereocenters. The highest BCUT2D eigenvalue weighted by Crippen LogP contribution is 2.23. The molecule has 0 aromatic heterocycles. The van der Waals surface area contributed by atoms with E-state index in [-0.39, 0.29) is 11.6 Å². The summed E-state index contributed by atoms with van der Waals surface area (Å²) >= 11 is 0. The molecular formula is C38H47N3O2. The highest BCUT2D eigenvalue weighted by Gasteiger charge is 2.16. The Kier molecular flexibility index (Phi) is 13.0. The third kappa shape index (κ3) is 8.57. The minimum absolute atomic E-state index is 0.0761. The summed E-state index contributed by atoms with van der Waals surface area (Å²) < 4.78 is 0. The van der Waals surface area contributed by atoms with Gasteiger partial charge in [0.15, 0.2) is 11.6 Å². The van der Waals surface area contributed by atoms with Crippen LogP contribution < -0.4 is 14.7 Å². The van der Waals surface area contributed by atoms with E-state index < -0.39 is 0 Å². The number of rotatable bonds is 13. The van der Waals surface area contributed by atoms with Crippen LogP contribution in [-0.2, 0) is 0 Å². The first kappa shape index (κ1) is 33.1. The maximum absolute atomic E-state index is 12.7. The number of nitrogens with zero attached hydrogens (tertiary/aromatic N) is 3. The molecule has 0 atom stereocenters. The fourth-order valence-corrected chi connectivity index (χ4v) is 5.24. The van der Waals surface area contributed by atoms with Gasteiger partial charge >= 0.3 is 0 Å². The van der Waals surface area contributed by atoms with Crippen LogP contribution in [0.3, 0.4) is 0 Å². The summed E-state index contributed by atoms with van der Waals surface area (Å²) in [6, 6.07) is 33.1. The van der Waals surface area contributed by atoms with Crippen molar-refractivity contribution in [3.05, 3.63) is 125 Å². The molecule has 0 aliphatic rings. The van der Waals surface area contributed by atoms with Crippen molar-refractivity contribution in [2.45, 2.75) is 41.5 Å². The van der Waals surface area contributed by atoms with Crippen molar-refractivity contribution in [2.75, 3.05) is 54.0 Å². The summed E-state index contributed by atoms with van der Waals surface area (Å²) in [4.78, 5) is 32.0. The maximum Gasteiger partial charge on any atom is 0.195 e. The van der Waals surface area contributed by atoms with E-state index in [2.05, 4.69) is 56.2 Å². The van der Waals surface area contributed by atoms with E-state index in [4.69, 9.17) is 0 Å². The lowest BCUT2D eigenvalue weighted by Gasteiger charge is -2.23. The number of hydrogen-bond acceptors (Lipinski definition) is 5. The number of hydrogen-bond donors (Lipinski definition) is 0. The second kappa shape index (κ2) is 16.9. The van der Waals surface area contributed by atoms with Gasteiger partial charge in [0.25, 0.3) is 0 Å². The van der Waals surface area contributed by atoms with Gasteiger partial charge in [-0.25, -0.2) is 0 Å². The monoisotopic (exact) mass is 577 g/mol. The van der Waals surface area contributed by atoms with Gasteiger partial charge in [0.2, 0.25) is 0 Å². The quantitative estimate of drug-likeness (QED) is 0.149. The smallest absolute Gasteiger partial charge is 0.195 e. The number of carbonyl (C=O) groups is 2. The highest BCUT2D eigenvalue weighted by atomic mass is 16.1. The Bertz CT molecular complexity index is 1350. The van der Waals surface area contributed by atoms with Gasteiger partial charge in [-0.2, -0.15) is 0 Å². The van der Waals surface area contributed by atoms with Gasteiger partial charge < -0.3 is 14.7 Å². The Morgan fingerprint density at radius 2 is 0.791 bits per heavy atom. The average Bonchev–Trinajstić information content (AvgIpc) is 3.07. The minimum Gasteiger partial charge on any atom is -0.372 e. The Morgan fingerprint density at radius 1 is 0.419 bits per heavy atom. The van der Waals surface area contributed by atoms with Gasteiger partial charge in [0.1, 0.15) is 0 Å². The molecule has 0 spiro atoms. The minimum atomic E-state index is 0.0761. The predicted molar refractivity (Wildman–Crippen MR) is 183 cm³/mol. The number of benzene rings is 4. The van der Waals surface area contributed by atoms with Crippen LogP contribution in [0.5, 0.6) is 0 Å². The van der Waals surface area contributed by atoms with Crippen LogP contribution in [0.1, 0.15) is 73.4 Å². The van der Waals surface area contributed by atoms with E-state index in [0.717, 1.165) is 78.6 Å². The summed E-state index contributed by atoms with van der Waals surface area (Å²) in [6.07, 6.45) is 0. The normalized spacial score (nSPS) is 10.4. The molecule has 0 saturated carbocycles. The molecule has 5 nitrogen and oxygen atoms in total. The maximum atomic E-state index is 12.7. The zero-order chi connectivity index (χ0) is 31.2. The molecule has 43 heavy (non-hydrogen) atoms. The Labute approximate surface area is 258 Å². The van der Waals surface area contributed by atoms with Crippen LogP contribution >= 0.6 is 0 Å². The van der Waals surface area contributed by atoms with Gasteiger partial charge in [0, 0.05) is 78.6 Å². The standard InChI is InChI=1S/C21H28N2O.C17H19NO/c1-5-22(6-2)19-13-9-17(10-14-19)21(24)18-11-15-20(16-12-18)23(7-3)8-4;1-3-18(4-2)16-13-9-8-12-15(16)17(19)14-10-6-5-7-11-14/h9-16H,5-8H2,1-4H3;5-13H,3-4H2,1-2H3. The molecule has 0 fully saturated rings. The first-order valence-electron chi connectivity index (χ1n) is 15.6. The molecule has 4 aromatic rings. The molecule has 0 bridgehead atoms. The van der Waals surface area contributed by atoms with E-state index in [1.807, 2.05) is 103 Å². The summed E-state index contributed by atoms with van der Waals surface area (Å²) in [5, 5.41) is 0. The van der Waals surface area contributed by atoms with E-state index in [1.165, 1.54) is 0 Å². The summed E-state index contributed by atoms with van der Waals surface area (Å²) in [5.41, 5.74) is 6.32. The third-order valence-electron chi connectivity index (χ3n) is 7.80. The fourth-order valence-electron chi connectivity index (χ4n) is 5.24. The number of anilines is 3. The van der Waals surface area contributed by atoms with Crippen LogP contribution in [0.25, 0.3) is 0 Å². The van der Waals surface area contributed by atoms with Crippen LogP contribution in [0.15, 0.2) is 103 Å². The molecule has 4 rings (SSSR count). The van der Waals surface area contributed by atoms with Gasteiger partial charge in [-0.1, -0.05) is 42.5 Å². The van der Waals surface area contributed by atoms with E-state index in [1.54, 1.807) is 0 Å². The zero-order valence-corrected chi connectivity index (χ0v) is 26.7. The molecule has 4 aromatic carbocycles. The lowest BCUT2D eigenvalue weighted by molar-refractivity contribution is 0.103. The van der Waals surface area contributed by atoms with Crippen LogP contribution in [-0.4, -0.2) is 50.8 Å². The van der Waals surface area contributed by atoms with Crippen molar-refractivity contribution in [1.82, 2.24) is 0 Å². The van der Waals surface area contributed by atoms with Crippen molar-refractivity contribution < 1.29 is 9.59 Å². The third-order valence-corrected chi connectivity index (χ3v) is 7.80. The molecule has 0 heterocycles. The molecular weight excluding hydrogens is 530 g/mol. The Balaban J connectivity index is 0.000000242. The van der Waals surface area contributed by atoms with Crippen molar-refractivity contribution in [1.29, 1.82) is 0 Å². The van der Waals surface area contributed by atoms with E-state index >= 15 is 0 Å². The Hall–Kier alpha value is -4.38. The fraction of sp³-hybridized carbons (Fsp3) is 0.316. The largest absolute Gasteiger partial charge is 0.372 e. The predicted octanol–water partition coefficient (Wildman–Crippen LogP) is 8.37. The molecule has 0 saturated heterocycles. The first-order valence-corrected chi connectivity index (χ1v) is 15.6. The number of para-hydroxylation sites is 1. The van der Waals surface area contributed by atoms with Crippen LogP contribution in [0, 0.1) is 0 Å². The van der Waals surface area contributed by atoms with Gasteiger partial charge in [-0.3, -0.25) is 9.59 Å². The number of ketones is 2.